The summed E-state index contributed by atoms with van der Waals surface area (Å²) in [6.07, 6.45) is 2.36. The zero-order valence-electron chi connectivity index (χ0n) is 12.5. The number of fused-ring (bicyclic) bond motifs is 1. The first-order valence-corrected chi connectivity index (χ1v) is 7.84. The fourth-order valence-electron chi connectivity index (χ4n) is 3.36. The molecule has 20 heavy (non-hydrogen) atoms. The van der Waals surface area contributed by atoms with Gasteiger partial charge >= 0.3 is 0 Å². The summed E-state index contributed by atoms with van der Waals surface area (Å²) >= 11 is 0. The Balaban J connectivity index is 1.54. The highest BCUT2D eigenvalue weighted by Crippen LogP contribution is 2.29. The van der Waals surface area contributed by atoms with Gasteiger partial charge in [0.15, 0.2) is 0 Å². The molecule has 0 radical (unpaired) electrons. The number of ether oxygens (including phenoxy) is 1. The predicted octanol–water partition coefficient (Wildman–Crippen LogP) is 2.28. The molecule has 1 aromatic carbocycles. The highest BCUT2D eigenvalue weighted by atomic mass is 16.5. The van der Waals surface area contributed by atoms with E-state index >= 15 is 0 Å². The van der Waals surface area contributed by atoms with Gasteiger partial charge in [-0.25, -0.2) is 0 Å². The standard InChI is InChI=1S/C17H26N2O/c1-17(6-8-20-9-7-17)13-19-12-15-11-18-10-14-4-2-3-5-16(14)15/h2-5,15,18-19H,6-13H2,1H3. The van der Waals surface area contributed by atoms with E-state index in [1.165, 1.54) is 24.0 Å². The number of rotatable bonds is 4. The van der Waals surface area contributed by atoms with Gasteiger partial charge in [0.05, 0.1) is 0 Å². The van der Waals surface area contributed by atoms with Gasteiger partial charge in [-0.1, -0.05) is 31.2 Å². The van der Waals surface area contributed by atoms with Crippen molar-refractivity contribution in [2.24, 2.45) is 5.41 Å². The second-order valence-electron chi connectivity index (χ2n) is 6.58. The van der Waals surface area contributed by atoms with Crippen molar-refractivity contribution in [3.8, 4) is 0 Å². The van der Waals surface area contributed by atoms with Crippen molar-refractivity contribution in [2.45, 2.75) is 32.2 Å². The van der Waals surface area contributed by atoms with Gasteiger partial charge in [-0.15, -0.1) is 0 Å². The molecule has 1 atom stereocenters. The molecule has 0 aromatic heterocycles. The van der Waals surface area contributed by atoms with E-state index in [0.717, 1.165) is 39.4 Å². The minimum absolute atomic E-state index is 0.417. The molecule has 1 fully saturated rings. The van der Waals surface area contributed by atoms with Gasteiger partial charge < -0.3 is 15.4 Å². The topological polar surface area (TPSA) is 33.3 Å². The lowest BCUT2D eigenvalue weighted by atomic mass is 9.82. The molecule has 2 aliphatic heterocycles. The van der Waals surface area contributed by atoms with Gasteiger partial charge in [0, 0.05) is 45.3 Å². The van der Waals surface area contributed by atoms with Crippen LogP contribution >= 0.6 is 0 Å². The summed E-state index contributed by atoms with van der Waals surface area (Å²) < 4.78 is 5.47. The average molecular weight is 274 g/mol. The smallest absolute Gasteiger partial charge is 0.0471 e. The van der Waals surface area contributed by atoms with Crippen molar-refractivity contribution in [1.29, 1.82) is 0 Å². The van der Waals surface area contributed by atoms with Crippen LogP contribution in [0.2, 0.25) is 0 Å². The Morgan fingerprint density at radius 1 is 1.30 bits per heavy atom. The highest BCUT2D eigenvalue weighted by molar-refractivity contribution is 5.32. The quantitative estimate of drug-likeness (QED) is 0.884. The minimum Gasteiger partial charge on any atom is -0.381 e. The van der Waals surface area contributed by atoms with Crippen LogP contribution < -0.4 is 10.6 Å². The van der Waals surface area contributed by atoms with Crippen LogP contribution in [0.15, 0.2) is 24.3 Å². The maximum Gasteiger partial charge on any atom is 0.0471 e. The van der Waals surface area contributed by atoms with E-state index in [1.807, 2.05) is 0 Å². The van der Waals surface area contributed by atoms with Crippen LogP contribution in [0.25, 0.3) is 0 Å². The third-order valence-corrected chi connectivity index (χ3v) is 4.84. The summed E-state index contributed by atoms with van der Waals surface area (Å²) in [6, 6.07) is 8.84. The lowest BCUT2D eigenvalue weighted by molar-refractivity contribution is 0.0240. The zero-order valence-corrected chi connectivity index (χ0v) is 12.5. The van der Waals surface area contributed by atoms with E-state index in [2.05, 4.69) is 41.8 Å². The van der Waals surface area contributed by atoms with Gasteiger partial charge in [0.1, 0.15) is 0 Å². The predicted molar refractivity (Wildman–Crippen MR) is 81.9 cm³/mol. The summed E-state index contributed by atoms with van der Waals surface area (Å²) in [5, 5.41) is 7.24. The fourth-order valence-corrected chi connectivity index (χ4v) is 3.36. The van der Waals surface area contributed by atoms with Gasteiger partial charge in [-0.2, -0.15) is 0 Å². The summed E-state index contributed by atoms with van der Waals surface area (Å²) in [7, 11) is 0. The fraction of sp³-hybridized carbons (Fsp3) is 0.647. The zero-order chi connectivity index (χ0) is 13.8. The van der Waals surface area contributed by atoms with Gasteiger partial charge in [-0.05, 0) is 29.4 Å². The lowest BCUT2D eigenvalue weighted by Gasteiger charge is -2.35. The SMILES string of the molecule is CC1(CNCC2CNCc3ccccc32)CCOCC1. The molecule has 3 rings (SSSR count). The minimum atomic E-state index is 0.417. The Labute approximate surface area is 122 Å². The van der Waals surface area contributed by atoms with Crippen LogP contribution in [0, 0.1) is 5.41 Å². The first-order chi connectivity index (χ1) is 9.77. The number of nitrogens with one attached hydrogen (secondary N) is 2. The Morgan fingerprint density at radius 3 is 2.95 bits per heavy atom. The van der Waals surface area contributed by atoms with Crippen molar-refractivity contribution in [3.63, 3.8) is 0 Å². The molecule has 0 aliphatic carbocycles. The second-order valence-corrected chi connectivity index (χ2v) is 6.58. The van der Waals surface area contributed by atoms with Gasteiger partial charge in [0.2, 0.25) is 0 Å². The van der Waals surface area contributed by atoms with E-state index in [1.54, 1.807) is 0 Å². The maximum absolute atomic E-state index is 5.47. The first-order valence-electron chi connectivity index (χ1n) is 7.84. The summed E-state index contributed by atoms with van der Waals surface area (Å²) in [4.78, 5) is 0. The third-order valence-electron chi connectivity index (χ3n) is 4.84. The largest absolute Gasteiger partial charge is 0.381 e. The van der Waals surface area contributed by atoms with Crippen LogP contribution in [-0.4, -0.2) is 32.8 Å². The van der Waals surface area contributed by atoms with Crippen LogP contribution in [-0.2, 0) is 11.3 Å². The second kappa shape index (κ2) is 6.25. The van der Waals surface area contributed by atoms with Crippen molar-refractivity contribution in [2.75, 3.05) is 32.8 Å². The van der Waals surface area contributed by atoms with Gasteiger partial charge in [-0.3, -0.25) is 0 Å². The third kappa shape index (κ3) is 3.22. The molecule has 0 spiro atoms. The molecular formula is C17H26N2O. The Morgan fingerprint density at radius 2 is 2.10 bits per heavy atom. The summed E-state index contributed by atoms with van der Waals surface area (Å²) in [5.41, 5.74) is 3.40. The van der Waals surface area contributed by atoms with E-state index in [0.29, 0.717) is 11.3 Å². The highest BCUT2D eigenvalue weighted by Gasteiger charge is 2.27. The van der Waals surface area contributed by atoms with E-state index < -0.39 is 0 Å². The van der Waals surface area contributed by atoms with Gasteiger partial charge in [0.25, 0.3) is 0 Å². The average Bonchev–Trinajstić information content (AvgIpc) is 2.48. The van der Waals surface area contributed by atoms with Crippen LogP contribution in [0.5, 0.6) is 0 Å². The Kier molecular flexibility index (Phi) is 4.39. The molecule has 110 valence electrons. The van der Waals surface area contributed by atoms with E-state index in [-0.39, 0.29) is 0 Å². The lowest BCUT2D eigenvalue weighted by Crippen LogP contribution is -2.40. The Bertz CT molecular complexity index is 440. The number of hydrogen-bond donors (Lipinski definition) is 2. The van der Waals surface area contributed by atoms with Crippen molar-refractivity contribution >= 4 is 0 Å². The molecule has 1 saturated heterocycles. The molecule has 2 heterocycles. The van der Waals surface area contributed by atoms with Crippen LogP contribution in [0.3, 0.4) is 0 Å². The molecule has 0 saturated carbocycles. The van der Waals surface area contributed by atoms with E-state index in [4.69, 9.17) is 4.74 Å². The van der Waals surface area contributed by atoms with Crippen molar-refractivity contribution in [3.05, 3.63) is 35.4 Å². The molecule has 3 nitrogen and oxygen atoms in total. The molecule has 1 aromatic rings. The Hall–Kier alpha value is -0.900. The maximum atomic E-state index is 5.47. The number of benzene rings is 1. The first kappa shape index (κ1) is 14.1. The monoisotopic (exact) mass is 274 g/mol. The molecule has 0 bridgehead atoms. The van der Waals surface area contributed by atoms with Crippen LogP contribution in [0.1, 0.15) is 36.8 Å². The summed E-state index contributed by atoms with van der Waals surface area (Å²) in [5.74, 6) is 0.600. The van der Waals surface area contributed by atoms with Crippen molar-refractivity contribution in [1.82, 2.24) is 10.6 Å². The molecule has 3 heteroatoms. The molecule has 2 aliphatic rings. The summed E-state index contributed by atoms with van der Waals surface area (Å²) in [6.45, 7) is 8.51. The normalized spacial score (nSPS) is 25.1. The molecule has 0 amide bonds. The van der Waals surface area contributed by atoms with Crippen LogP contribution in [0.4, 0.5) is 0 Å². The molecule has 2 N–H and O–H groups in total. The molecular weight excluding hydrogens is 248 g/mol. The van der Waals surface area contributed by atoms with E-state index in [9.17, 15) is 0 Å². The number of hydrogen-bond acceptors (Lipinski definition) is 3. The molecule has 1 unspecified atom stereocenters. The van der Waals surface area contributed by atoms with Crippen molar-refractivity contribution < 1.29 is 4.74 Å².